The van der Waals surface area contributed by atoms with E-state index in [-0.39, 0.29) is 17.1 Å². The minimum atomic E-state index is -0.715. The molecular weight excluding hydrogens is 486 g/mol. The van der Waals surface area contributed by atoms with Crippen LogP contribution in [0.25, 0.3) is 0 Å². The smallest absolute Gasteiger partial charge is 0.248 e. The zero-order chi connectivity index (χ0) is 22.5. The van der Waals surface area contributed by atoms with Crippen molar-refractivity contribution in [3.63, 3.8) is 0 Å². The topological polar surface area (TPSA) is 74.0 Å². The maximum Gasteiger partial charge on any atom is 0.248 e. The van der Waals surface area contributed by atoms with Gasteiger partial charge in [-0.05, 0) is 60.6 Å². The van der Waals surface area contributed by atoms with Crippen molar-refractivity contribution in [3.8, 4) is 0 Å². The summed E-state index contributed by atoms with van der Waals surface area (Å²) < 4.78 is 0.929. The Morgan fingerprint density at radius 3 is 2.34 bits per heavy atom. The number of nitrogens with two attached hydrogens (primary N) is 1. The molecular formula is C24H24BrN5OS. The third kappa shape index (κ3) is 5.26. The summed E-state index contributed by atoms with van der Waals surface area (Å²) in [6.07, 6.45) is 8.91. The Kier molecular flexibility index (Phi) is 7.02. The molecule has 1 unspecified atom stereocenters. The lowest BCUT2D eigenvalue weighted by Crippen LogP contribution is -2.48. The van der Waals surface area contributed by atoms with Gasteiger partial charge < -0.3 is 16.0 Å². The summed E-state index contributed by atoms with van der Waals surface area (Å²) in [5.41, 5.74) is 8.54. The zero-order valence-corrected chi connectivity index (χ0v) is 19.8. The summed E-state index contributed by atoms with van der Waals surface area (Å²) in [5, 5.41) is 9.80. The van der Waals surface area contributed by atoms with Crippen LogP contribution in [-0.4, -0.2) is 40.9 Å². The predicted molar refractivity (Wildman–Crippen MR) is 136 cm³/mol. The molecule has 1 atom stereocenters. The fourth-order valence-corrected chi connectivity index (χ4v) is 4.03. The average Bonchev–Trinajstić information content (AvgIpc) is 2.76. The maximum atomic E-state index is 13.5. The van der Waals surface area contributed by atoms with E-state index in [0.717, 1.165) is 34.5 Å². The Hall–Kier alpha value is -2.97. The van der Waals surface area contributed by atoms with E-state index >= 15 is 0 Å². The number of rotatable bonds is 6. The maximum absolute atomic E-state index is 13.5. The van der Waals surface area contributed by atoms with Crippen LogP contribution in [0.15, 0.2) is 88.5 Å². The summed E-state index contributed by atoms with van der Waals surface area (Å²) in [4.78, 5) is 15.2. The Morgan fingerprint density at radius 1 is 1.12 bits per heavy atom. The van der Waals surface area contributed by atoms with E-state index < -0.39 is 6.04 Å². The predicted octanol–water partition coefficient (Wildman–Crippen LogP) is 3.91. The molecule has 1 amide bonds. The lowest BCUT2D eigenvalue weighted by molar-refractivity contribution is -0.122. The van der Waals surface area contributed by atoms with E-state index in [0.29, 0.717) is 0 Å². The molecule has 1 saturated heterocycles. The van der Waals surface area contributed by atoms with Gasteiger partial charge in [0, 0.05) is 23.2 Å². The molecule has 4 rings (SSSR count). The first-order chi connectivity index (χ1) is 15.5. The molecule has 1 heterocycles. The first-order valence-corrected chi connectivity index (χ1v) is 11.6. The monoisotopic (exact) mass is 509 g/mol. The molecule has 32 heavy (non-hydrogen) atoms. The number of nitrogens with zero attached hydrogens (tertiary/aromatic N) is 3. The van der Waals surface area contributed by atoms with Crippen LogP contribution < -0.4 is 16.0 Å². The number of hydrogen-bond acceptors (Lipinski definition) is 4. The number of benzene rings is 2. The van der Waals surface area contributed by atoms with Crippen molar-refractivity contribution in [1.29, 1.82) is 0 Å². The van der Waals surface area contributed by atoms with Crippen LogP contribution in [0.4, 0.5) is 5.69 Å². The second-order valence-corrected chi connectivity index (χ2v) is 8.92. The van der Waals surface area contributed by atoms with Crippen molar-refractivity contribution in [3.05, 3.63) is 88.9 Å². The first kappa shape index (κ1) is 22.2. The Balaban J connectivity index is 1.58. The van der Waals surface area contributed by atoms with Crippen LogP contribution in [0, 0.1) is 0 Å². The standard InChI is InChI=1S/C24H24BrN5OS/c25-18-7-13-21(14-8-18)30(24(26)32)22(17-5-2-1-3-6-17)23(31)27-19-9-11-20(12-10-19)28-29-15-4-16-29/h1-3,5-14,19,22H,4,15-16H2,(H2,26,32)(H,27,31). The largest absolute Gasteiger partial charge is 0.376 e. The molecule has 2 aromatic carbocycles. The van der Waals surface area contributed by atoms with Gasteiger partial charge in [0.05, 0.1) is 11.8 Å². The van der Waals surface area contributed by atoms with Crippen molar-refractivity contribution >= 4 is 50.6 Å². The molecule has 0 spiro atoms. The quantitative estimate of drug-likeness (QED) is 0.577. The molecule has 6 nitrogen and oxygen atoms in total. The average molecular weight is 510 g/mol. The molecule has 2 aliphatic rings. The van der Waals surface area contributed by atoms with Gasteiger partial charge >= 0.3 is 0 Å². The number of thiocarbonyl (C=S) groups is 1. The number of nitrogens with one attached hydrogen (secondary N) is 1. The van der Waals surface area contributed by atoms with Crippen LogP contribution in [0.3, 0.4) is 0 Å². The highest BCUT2D eigenvalue weighted by Crippen LogP contribution is 2.29. The van der Waals surface area contributed by atoms with Gasteiger partial charge in [-0.1, -0.05) is 58.4 Å². The third-order valence-corrected chi connectivity index (χ3v) is 6.04. The summed E-state index contributed by atoms with van der Waals surface area (Å²) in [7, 11) is 0. The van der Waals surface area contributed by atoms with E-state index in [1.807, 2.05) is 83.9 Å². The number of anilines is 1. The number of amides is 1. The fraction of sp³-hybridized carbons (Fsp3) is 0.208. The fourth-order valence-electron chi connectivity index (χ4n) is 3.55. The number of halogens is 1. The highest BCUT2D eigenvalue weighted by Gasteiger charge is 2.31. The molecule has 1 fully saturated rings. The Bertz CT molecular complexity index is 1050. The summed E-state index contributed by atoms with van der Waals surface area (Å²) in [6.45, 7) is 1.99. The van der Waals surface area contributed by atoms with Gasteiger partial charge in [0.15, 0.2) is 5.11 Å². The number of hydrogen-bond donors (Lipinski definition) is 2. The van der Waals surface area contributed by atoms with Gasteiger partial charge in [-0.15, -0.1) is 0 Å². The number of carbonyl (C=O) groups is 1. The second kappa shape index (κ2) is 10.1. The molecule has 3 N–H and O–H groups in total. The molecule has 0 bridgehead atoms. The minimum absolute atomic E-state index is 0.120. The number of hydrazone groups is 1. The van der Waals surface area contributed by atoms with Gasteiger partial charge in [-0.2, -0.15) is 5.10 Å². The van der Waals surface area contributed by atoms with Gasteiger partial charge in [-0.25, -0.2) is 0 Å². The van der Waals surface area contributed by atoms with Crippen LogP contribution >= 0.6 is 28.1 Å². The summed E-state index contributed by atoms with van der Waals surface area (Å²) in [5.74, 6) is -0.200. The van der Waals surface area contributed by atoms with Crippen LogP contribution in [0.2, 0.25) is 0 Å². The first-order valence-electron chi connectivity index (χ1n) is 10.4. The van der Waals surface area contributed by atoms with Crippen molar-refractivity contribution in [2.75, 3.05) is 18.0 Å². The van der Waals surface area contributed by atoms with Gasteiger partial charge in [-0.3, -0.25) is 9.80 Å². The number of carbonyl (C=O) groups excluding carboxylic acids is 1. The molecule has 1 aliphatic carbocycles. The molecule has 2 aromatic rings. The second-order valence-electron chi connectivity index (χ2n) is 7.58. The van der Waals surface area contributed by atoms with E-state index in [9.17, 15) is 4.79 Å². The van der Waals surface area contributed by atoms with E-state index in [1.54, 1.807) is 4.90 Å². The molecule has 164 valence electrons. The van der Waals surface area contributed by atoms with Crippen LogP contribution in [-0.2, 0) is 4.79 Å². The van der Waals surface area contributed by atoms with Crippen LogP contribution in [0.5, 0.6) is 0 Å². The summed E-state index contributed by atoms with van der Waals surface area (Å²) >= 11 is 8.81. The zero-order valence-electron chi connectivity index (χ0n) is 17.4. The Labute approximate surface area is 201 Å². The van der Waals surface area contributed by atoms with E-state index in [2.05, 4.69) is 26.3 Å². The number of allylic oxidation sites excluding steroid dienone is 2. The van der Waals surface area contributed by atoms with Gasteiger partial charge in [0.1, 0.15) is 6.04 Å². The molecule has 1 aliphatic heterocycles. The molecule has 0 radical (unpaired) electrons. The highest BCUT2D eigenvalue weighted by atomic mass is 79.9. The van der Waals surface area contributed by atoms with Crippen molar-refractivity contribution in [1.82, 2.24) is 10.3 Å². The minimum Gasteiger partial charge on any atom is -0.376 e. The van der Waals surface area contributed by atoms with Crippen molar-refractivity contribution in [2.24, 2.45) is 10.8 Å². The SMILES string of the molecule is NC(=S)N(c1ccc(Br)cc1)C(C(=O)NC1C=CC(=NN2CCC2)C=C1)c1ccccc1. The molecule has 0 saturated carbocycles. The van der Waals surface area contributed by atoms with Gasteiger partial charge in [0.25, 0.3) is 0 Å². The molecule has 8 heteroatoms. The normalized spacial score (nSPS) is 18.0. The van der Waals surface area contributed by atoms with Gasteiger partial charge in [0.2, 0.25) is 5.91 Å². The molecule has 0 aromatic heterocycles. The lowest BCUT2D eigenvalue weighted by atomic mass is 10.0. The van der Waals surface area contributed by atoms with Crippen molar-refractivity contribution in [2.45, 2.75) is 18.5 Å². The highest BCUT2D eigenvalue weighted by molar-refractivity contribution is 9.10. The lowest BCUT2D eigenvalue weighted by Gasteiger charge is -2.32. The van der Waals surface area contributed by atoms with E-state index in [1.165, 1.54) is 6.42 Å². The van der Waals surface area contributed by atoms with Crippen LogP contribution in [0.1, 0.15) is 18.0 Å². The summed E-state index contributed by atoms with van der Waals surface area (Å²) in [6, 6.07) is 16.1. The Morgan fingerprint density at radius 2 is 1.78 bits per heavy atom. The van der Waals surface area contributed by atoms with E-state index in [4.69, 9.17) is 18.0 Å². The van der Waals surface area contributed by atoms with Crippen molar-refractivity contribution < 1.29 is 4.79 Å². The third-order valence-electron chi connectivity index (χ3n) is 5.31.